The van der Waals surface area contributed by atoms with E-state index >= 15 is 0 Å². The third-order valence-electron chi connectivity index (χ3n) is 14.8. The molecule has 0 aliphatic rings. The van der Waals surface area contributed by atoms with Crippen LogP contribution in [0.15, 0.2) is 273 Å². The highest BCUT2D eigenvalue weighted by molar-refractivity contribution is 7.20. The normalized spacial score (nSPS) is 12.0. The number of benzene rings is 11. The molecule has 3 aromatic heterocycles. The topological polar surface area (TPSA) is 14.8 Å². The minimum atomic E-state index is -2.83. The molecule has 0 unspecified atom stereocenters. The van der Waals surface area contributed by atoms with E-state index in [1.165, 1.54) is 91.8 Å². The van der Waals surface area contributed by atoms with E-state index < -0.39 is 8.07 Å². The van der Waals surface area contributed by atoms with Crippen LogP contribution in [0.1, 0.15) is 0 Å². The smallest absolute Gasteiger partial charge is 0.179 e. The van der Waals surface area contributed by atoms with Gasteiger partial charge in [-0.2, -0.15) is 0 Å². The first kappa shape index (κ1) is 40.1. The van der Waals surface area contributed by atoms with E-state index in [1.807, 2.05) is 0 Å². The van der Waals surface area contributed by atoms with Crippen LogP contribution in [0, 0.1) is 0 Å². The number of hydrogen-bond acceptors (Lipinski definition) is 0. The molecule has 328 valence electrons. The van der Waals surface area contributed by atoms with Crippen molar-refractivity contribution in [1.82, 2.24) is 13.7 Å². The second-order valence-electron chi connectivity index (χ2n) is 18.4. The van der Waals surface area contributed by atoms with Crippen LogP contribution in [0.5, 0.6) is 0 Å². The molecule has 4 heteroatoms. The quantitative estimate of drug-likeness (QED) is 0.107. The van der Waals surface area contributed by atoms with Crippen molar-refractivity contribution < 1.29 is 0 Å². The predicted octanol–water partition coefficient (Wildman–Crippen LogP) is 14.0. The highest BCUT2D eigenvalue weighted by Gasteiger charge is 2.41. The Hall–Kier alpha value is -8.96. The molecule has 0 radical (unpaired) electrons. The van der Waals surface area contributed by atoms with Crippen LogP contribution in [-0.2, 0) is 0 Å². The summed E-state index contributed by atoms with van der Waals surface area (Å²) in [6.45, 7) is 0. The van der Waals surface area contributed by atoms with Gasteiger partial charge in [0.25, 0.3) is 0 Å². The summed E-state index contributed by atoms with van der Waals surface area (Å²) in [5, 5.41) is 12.8. The number of nitrogens with zero attached hydrogens (tertiary/aromatic N) is 3. The average molecular weight is 908 g/mol. The molecule has 0 saturated heterocycles. The lowest BCUT2D eigenvalue weighted by molar-refractivity contribution is 1.12. The second kappa shape index (κ2) is 16.1. The summed E-state index contributed by atoms with van der Waals surface area (Å²) < 4.78 is 7.50. The van der Waals surface area contributed by atoms with E-state index in [2.05, 4.69) is 287 Å². The fraction of sp³-hybridized carbons (Fsp3) is 0. The number of fused-ring (bicyclic) bond motifs is 9. The van der Waals surface area contributed by atoms with Crippen molar-refractivity contribution >= 4 is 94.2 Å². The van der Waals surface area contributed by atoms with Gasteiger partial charge < -0.3 is 13.7 Å². The Kier molecular flexibility index (Phi) is 9.23. The molecular formula is C66H45N3Si. The van der Waals surface area contributed by atoms with Crippen molar-refractivity contribution in [2.45, 2.75) is 0 Å². The van der Waals surface area contributed by atoms with Crippen LogP contribution in [0.25, 0.3) is 93.6 Å². The molecule has 0 N–H and O–H groups in total. The van der Waals surface area contributed by atoms with Gasteiger partial charge in [0.2, 0.25) is 0 Å². The molecule has 0 aliphatic carbocycles. The van der Waals surface area contributed by atoms with Crippen molar-refractivity contribution in [1.29, 1.82) is 0 Å². The molecule has 0 atom stereocenters. The summed E-state index contributed by atoms with van der Waals surface area (Å²) in [5.41, 5.74) is 12.8. The average Bonchev–Trinajstić information content (AvgIpc) is 4.08. The van der Waals surface area contributed by atoms with E-state index in [4.69, 9.17) is 0 Å². The lowest BCUT2D eigenvalue weighted by Gasteiger charge is -2.34. The maximum absolute atomic E-state index is 2.83. The molecule has 14 aromatic rings. The zero-order valence-electron chi connectivity index (χ0n) is 38.3. The minimum Gasteiger partial charge on any atom is -0.309 e. The lowest BCUT2D eigenvalue weighted by atomic mass is 10.1. The summed E-state index contributed by atoms with van der Waals surface area (Å²) in [6.07, 6.45) is 0. The summed E-state index contributed by atoms with van der Waals surface area (Å²) >= 11 is 0. The van der Waals surface area contributed by atoms with Gasteiger partial charge in [-0.3, -0.25) is 0 Å². The van der Waals surface area contributed by atoms with Crippen molar-refractivity contribution in [3.05, 3.63) is 273 Å². The first-order chi connectivity index (χ1) is 34.8. The van der Waals surface area contributed by atoms with E-state index in [-0.39, 0.29) is 0 Å². The number of aromatic nitrogens is 3. The molecule has 0 aliphatic heterocycles. The van der Waals surface area contributed by atoms with Crippen LogP contribution in [0.2, 0.25) is 0 Å². The Morgan fingerprint density at radius 1 is 0.229 bits per heavy atom. The molecule has 0 fully saturated rings. The Balaban J connectivity index is 1.07. The molecule has 70 heavy (non-hydrogen) atoms. The largest absolute Gasteiger partial charge is 0.309 e. The zero-order chi connectivity index (χ0) is 46.2. The van der Waals surface area contributed by atoms with Gasteiger partial charge in [0, 0.05) is 43.7 Å². The maximum atomic E-state index is 2.52. The fourth-order valence-electron chi connectivity index (χ4n) is 11.8. The van der Waals surface area contributed by atoms with Crippen LogP contribution in [0.3, 0.4) is 0 Å². The SMILES string of the molecule is c1ccc(-c2ccc(-n3c4cc(-n5c6ccccc6c6ccc([Si](c7ccccc7)(c7ccccc7)c7ccccc7)cc65)ccc4c4cccc(-n5c6ccccc6c6ccccc65)c43)cc2)cc1. The van der Waals surface area contributed by atoms with Crippen LogP contribution < -0.4 is 20.7 Å². The third-order valence-corrected chi connectivity index (χ3v) is 19.6. The van der Waals surface area contributed by atoms with E-state index in [0.717, 1.165) is 22.6 Å². The minimum absolute atomic E-state index is 1.11. The van der Waals surface area contributed by atoms with Crippen LogP contribution in [-0.4, -0.2) is 21.8 Å². The van der Waals surface area contributed by atoms with Gasteiger partial charge in [-0.25, -0.2) is 0 Å². The summed E-state index contributed by atoms with van der Waals surface area (Å²) in [5.74, 6) is 0. The van der Waals surface area contributed by atoms with Crippen molar-refractivity contribution in [3.8, 4) is 28.2 Å². The zero-order valence-corrected chi connectivity index (χ0v) is 39.3. The summed E-state index contributed by atoms with van der Waals surface area (Å²) in [6, 6.07) is 101. The highest BCUT2D eigenvalue weighted by Crippen LogP contribution is 2.41. The Bertz CT molecular complexity index is 4110. The van der Waals surface area contributed by atoms with Crippen LogP contribution >= 0.6 is 0 Å². The first-order valence-electron chi connectivity index (χ1n) is 24.2. The van der Waals surface area contributed by atoms with Gasteiger partial charge in [-0.1, -0.05) is 218 Å². The van der Waals surface area contributed by atoms with E-state index in [9.17, 15) is 0 Å². The van der Waals surface area contributed by atoms with Gasteiger partial charge in [0.15, 0.2) is 8.07 Å². The third kappa shape index (κ3) is 6.00. The monoisotopic (exact) mass is 907 g/mol. The molecular weight excluding hydrogens is 863 g/mol. The molecule has 3 heterocycles. The van der Waals surface area contributed by atoms with Gasteiger partial charge in [-0.05, 0) is 86.5 Å². The highest BCUT2D eigenvalue weighted by atomic mass is 28.3. The van der Waals surface area contributed by atoms with Gasteiger partial charge in [-0.15, -0.1) is 0 Å². The Labute approximate surface area is 407 Å². The molecule has 3 nitrogen and oxygen atoms in total. The molecule has 11 aromatic carbocycles. The number of hydrogen-bond donors (Lipinski definition) is 0. The van der Waals surface area contributed by atoms with Crippen molar-refractivity contribution in [2.24, 2.45) is 0 Å². The molecule has 0 amide bonds. The number of rotatable bonds is 8. The maximum Gasteiger partial charge on any atom is 0.179 e. The van der Waals surface area contributed by atoms with Crippen molar-refractivity contribution in [3.63, 3.8) is 0 Å². The fourth-order valence-corrected chi connectivity index (χ4v) is 16.6. The molecule has 14 rings (SSSR count). The Morgan fingerprint density at radius 3 is 1.21 bits per heavy atom. The van der Waals surface area contributed by atoms with Gasteiger partial charge in [0.1, 0.15) is 0 Å². The van der Waals surface area contributed by atoms with Gasteiger partial charge in [0.05, 0.1) is 38.8 Å². The van der Waals surface area contributed by atoms with E-state index in [0.29, 0.717) is 0 Å². The van der Waals surface area contributed by atoms with Gasteiger partial charge >= 0.3 is 0 Å². The predicted molar refractivity (Wildman–Crippen MR) is 299 cm³/mol. The summed E-state index contributed by atoms with van der Waals surface area (Å²) in [4.78, 5) is 0. The molecule has 0 spiro atoms. The van der Waals surface area contributed by atoms with Crippen molar-refractivity contribution in [2.75, 3.05) is 0 Å². The first-order valence-corrected chi connectivity index (χ1v) is 26.2. The lowest BCUT2D eigenvalue weighted by Crippen LogP contribution is -2.74. The van der Waals surface area contributed by atoms with E-state index in [1.54, 1.807) is 0 Å². The Morgan fingerprint density at radius 2 is 0.643 bits per heavy atom. The molecule has 0 bridgehead atoms. The van der Waals surface area contributed by atoms with Crippen LogP contribution in [0.4, 0.5) is 0 Å². The molecule has 0 saturated carbocycles. The number of para-hydroxylation sites is 4. The standard InChI is InChI=1S/C66H45N3Si/c1-5-20-46(21-6-1)47-36-38-48(39-37-47)68-64-44-49(40-42-58(64)59-31-19-35-63(66(59)68)69-61-33-17-14-28-54(61)55-29-15-18-34-62(55)69)67-60-32-16-13-30-56(60)57-43-41-53(45-65(57)67)70(50-22-7-2-8-23-50,51-24-9-3-10-25-51)52-26-11-4-12-27-52/h1-45H. The second-order valence-corrected chi connectivity index (χ2v) is 22.2. The summed E-state index contributed by atoms with van der Waals surface area (Å²) in [7, 11) is -2.83.